The van der Waals surface area contributed by atoms with E-state index >= 15 is 0 Å². The van der Waals surface area contributed by atoms with E-state index in [9.17, 15) is 22.8 Å². The minimum Gasteiger partial charge on any atom is -0.451 e. The molecule has 2 N–H and O–H groups in total. The van der Waals surface area contributed by atoms with Gasteiger partial charge < -0.3 is 9.72 Å². The van der Waals surface area contributed by atoms with Crippen LogP contribution >= 0.6 is 0 Å². The van der Waals surface area contributed by atoms with Gasteiger partial charge in [0.15, 0.2) is 11.9 Å². The molecule has 0 radical (unpaired) electrons. The number of aryl methyl sites for hydroxylation is 2. The van der Waals surface area contributed by atoms with Gasteiger partial charge in [-0.1, -0.05) is 6.07 Å². The molecule has 0 saturated heterocycles. The summed E-state index contributed by atoms with van der Waals surface area (Å²) in [5.41, 5.74) is 1.57. The zero-order valence-electron chi connectivity index (χ0n) is 19.7. The smallest absolute Gasteiger partial charge is 0.339 e. The Hall–Kier alpha value is -2.78. The molecule has 2 aromatic rings. The molecule has 1 aromatic heterocycles. The monoisotopic (exact) mass is 462 g/mol. The molecule has 0 saturated carbocycles. The third-order valence-electron chi connectivity index (χ3n) is 4.87. The molecule has 0 spiro atoms. The van der Waals surface area contributed by atoms with Crippen molar-refractivity contribution in [3.8, 4) is 0 Å². The molecule has 0 aliphatic carbocycles. The van der Waals surface area contributed by atoms with Crippen LogP contribution in [0.4, 0.5) is 0 Å². The fraction of sp³-hybridized carbons (Fsp3) is 0.435. The van der Waals surface area contributed by atoms with Crippen molar-refractivity contribution in [2.24, 2.45) is 0 Å². The van der Waals surface area contributed by atoms with E-state index in [1.54, 1.807) is 41.5 Å². The van der Waals surface area contributed by atoms with Crippen molar-refractivity contribution in [1.29, 1.82) is 0 Å². The maximum atomic E-state index is 12.9. The van der Waals surface area contributed by atoms with Gasteiger partial charge in [0, 0.05) is 16.8 Å². The number of benzene rings is 1. The Morgan fingerprint density at radius 1 is 1.09 bits per heavy atom. The highest BCUT2D eigenvalue weighted by Gasteiger charge is 2.28. The SMILES string of the molecule is CC(=O)c1c(C)[nH]c(C(=O)C(C)OC(=O)c2cc(S(=O)(=O)NC(C)(C)C)ccc2C)c1C. The summed E-state index contributed by atoms with van der Waals surface area (Å²) in [7, 11) is -3.86. The molecule has 1 heterocycles. The predicted octanol–water partition coefficient (Wildman–Crippen LogP) is 3.65. The average Bonchev–Trinajstić information content (AvgIpc) is 2.93. The molecule has 0 bridgehead atoms. The molecule has 1 unspecified atom stereocenters. The number of nitrogens with one attached hydrogen (secondary N) is 2. The summed E-state index contributed by atoms with van der Waals surface area (Å²) < 4.78 is 33.1. The summed E-state index contributed by atoms with van der Waals surface area (Å²) in [6.45, 7) is 13.0. The van der Waals surface area contributed by atoms with Gasteiger partial charge in [-0.05, 0) is 78.6 Å². The average molecular weight is 463 g/mol. The van der Waals surface area contributed by atoms with Crippen LogP contribution in [0, 0.1) is 20.8 Å². The Balaban J connectivity index is 2.30. The van der Waals surface area contributed by atoms with Crippen LogP contribution in [-0.4, -0.2) is 42.6 Å². The third-order valence-corrected chi connectivity index (χ3v) is 6.62. The first-order chi connectivity index (χ1) is 14.5. The number of Topliss-reactive ketones (excluding diaryl/α,β-unsaturated/α-hetero) is 2. The summed E-state index contributed by atoms with van der Waals surface area (Å²) in [5, 5.41) is 0. The van der Waals surface area contributed by atoms with Gasteiger partial charge >= 0.3 is 5.97 Å². The van der Waals surface area contributed by atoms with Gasteiger partial charge in [-0.15, -0.1) is 0 Å². The zero-order valence-corrected chi connectivity index (χ0v) is 20.5. The molecule has 1 atom stereocenters. The van der Waals surface area contributed by atoms with Crippen LogP contribution in [0.1, 0.15) is 82.6 Å². The van der Waals surface area contributed by atoms with Crippen LogP contribution < -0.4 is 4.72 Å². The molecule has 0 fully saturated rings. The van der Waals surface area contributed by atoms with E-state index in [4.69, 9.17) is 4.74 Å². The van der Waals surface area contributed by atoms with Gasteiger partial charge in [0.25, 0.3) is 0 Å². The number of carbonyl (C=O) groups is 3. The molecule has 9 heteroatoms. The number of H-pyrrole nitrogens is 1. The van der Waals surface area contributed by atoms with Gasteiger partial charge in [-0.3, -0.25) is 9.59 Å². The van der Waals surface area contributed by atoms with E-state index < -0.39 is 33.4 Å². The standard InChI is InChI=1S/C23H30N2O6S/c1-12-9-10-17(32(29,30)25-23(6,7)8)11-18(12)22(28)31-16(5)21(27)20-13(2)19(15(4)26)14(3)24-20/h9-11,16,24-25H,1-8H3. The number of ether oxygens (including phenoxy) is 1. The largest absolute Gasteiger partial charge is 0.451 e. The van der Waals surface area contributed by atoms with Gasteiger partial charge in [-0.2, -0.15) is 0 Å². The van der Waals surface area contributed by atoms with Crippen LogP contribution in [0.25, 0.3) is 0 Å². The molecular formula is C23H30N2O6S. The van der Waals surface area contributed by atoms with Crippen molar-refractivity contribution in [1.82, 2.24) is 9.71 Å². The van der Waals surface area contributed by atoms with Crippen LogP contribution in [0.5, 0.6) is 0 Å². The molecule has 0 amide bonds. The molecule has 174 valence electrons. The van der Waals surface area contributed by atoms with E-state index in [1.807, 2.05) is 0 Å². The third kappa shape index (κ3) is 5.52. The maximum Gasteiger partial charge on any atom is 0.339 e. The predicted molar refractivity (Wildman–Crippen MR) is 121 cm³/mol. The topological polar surface area (TPSA) is 122 Å². The summed E-state index contributed by atoms with van der Waals surface area (Å²) in [6, 6.07) is 4.15. The number of aromatic amines is 1. The second kappa shape index (κ2) is 8.99. The van der Waals surface area contributed by atoms with Gasteiger partial charge in [0.1, 0.15) is 0 Å². The number of ketones is 2. The van der Waals surface area contributed by atoms with Crippen molar-refractivity contribution in [2.75, 3.05) is 0 Å². The Bertz CT molecular complexity index is 1190. The molecule has 2 rings (SSSR count). The van der Waals surface area contributed by atoms with E-state index in [1.165, 1.54) is 32.0 Å². The van der Waals surface area contributed by atoms with E-state index in [0.29, 0.717) is 22.4 Å². The van der Waals surface area contributed by atoms with E-state index in [-0.39, 0.29) is 21.9 Å². The number of aromatic nitrogens is 1. The van der Waals surface area contributed by atoms with E-state index in [0.717, 1.165) is 0 Å². The van der Waals surface area contributed by atoms with Gasteiger partial charge in [0.05, 0.1) is 16.2 Å². The van der Waals surface area contributed by atoms with Crippen molar-refractivity contribution in [3.05, 3.63) is 51.8 Å². The Morgan fingerprint density at radius 3 is 2.19 bits per heavy atom. The number of carbonyl (C=O) groups excluding carboxylic acids is 3. The summed E-state index contributed by atoms with van der Waals surface area (Å²) >= 11 is 0. The Kier molecular flexibility index (Phi) is 7.16. The molecule has 1 aromatic carbocycles. The summed E-state index contributed by atoms with van der Waals surface area (Å²) in [6.07, 6.45) is -1.15. The minimum atomic E-state index is -3.86. The normalized spacial score (nSPS) is 13.0. The lowest BCUT2D eigenvalue weighted by Crippen LogP contribution is -2.40. The van der Waals surface area contributed by atoms with Crippen molar-refractivity contribution in [3.63, 3.8) is 0 Å². The second-order valence-corrected chi connectivity index (χ2v) is 10.6. The summed E-state index contributed by atoms with van der Waals surface area (Å²) in [5.74, 6) is -1.47. The lowest BCUT2D eigenvalue weighted by atomic mass is 10.0. The first-order valence-electron chi connectivity index (χ1n) is 10.1. The molecule has 32 heavy (non-hydrogen) atoms. The lowest BCUT2D eigenvalue weighted by Gasteiger charge is -2.21. The molecule has 0 aliphatic rings. The quantitative estimate of drug-likeness (QED) is 0.478. The number of sulfonamides is 1. The first-order valence-corrected chi connectivity index (χ1v) is 11.6. The van der Waals surface area contributed by atoms with Crippen molar-refractivity contribution >= 4 is 27.6 Å². The van der Waals surface area contributed by atoms with Gasteiger partial charge in [-0.25, -0.2) is 17.9 Å². The van der Waals surface area contributed by atoms with Crippen LogP contribution in [0.3, 0.4) is 0 Å². The fourth-order valence-corrected chi connectivity index (χ4v) is 4.90. The lowest BCUT2D eigenvalue weighted by molar-refractivity contribution is 0.0316. The van der Waals surface area contributed by atoms with Crippen LogP contribution in [0.2, 0.25) is 0 Å². The molecule has 8 nitrogen and oxygen atoms in total. The zero-order chi connectivity index (χ0) is 24.6. The minimum absolute atomic E-state index is 0.0465. The fourth-order valence-electron chi connectivity index (χ4n) is 3.46. The highest BCUT2D eigenvalue weighted by atomic mass is 32.2. The Labute approximate surface area is 188 Å². The van der Waals surface area contributed by atoms with Crippen molar-refractivity contribution < 1.29 is 27.5 Å². The number of esters is 1. The second-order valence-electron chi connectivity index (χ2n) is 8.93. The summed E-state index contributed by atoms with van der Waals surface area (Å²) in [4.78, 5) is 40.3. The van der Waals surface area contributed by atoms with E-state index in [2.05, 4.69) is 9.71 Å². The van der Waals surface area contributed by atoms with Crippen LogP contribution in [-0.2, 0) is 14.8 Å². The first kappa shape index (κ1) is 25.5. The highest BCUT2D eigenvalue weighted by Crippen LogP contribution is 2.22. The maximum absolute atomic E-state index is 12.9. The van der Waals surface area contributed by atoms with Crippen LogP contribution in [0.15, 0.2) is 23.1 Å². The molecular weight excluding hydrogens is 432 g/mol. The molecule has 0 aliphatic heterocycles. The highest BCUT2D eigenvalue weighted by molar-refractivity contribution is 7.89. The van der Waals surface area contributed by atoms with Gasteiger partial charge in [0.2, 0.25) is 15.8 Å². The number of hydrogen-bond donors (Lipinski definition) is 2. The van der Waals surface area contributed by atoms with Crippen molar-refractivity contribution in [2.45, 2.75) is 71.9 Å². The number of hydrogen-bond acceptors (Lipinski definition) is 6. The Morgan fingerprint density at radius 2 is 1.69 bits per heavy atom. The number of rotatable bonds is 7.